The number of rotatable bonds is 2. The molecule has 9 heteroatoms. The zero-order valence-electron chi connectivity index (χ0n) is 19.5. The molecule has 30 heavy (non-hydrogen) atoms. The first-order valence-corrected chi connectivity index (χ1v) is 13.7. The summed E-state index contributed by atoms with van der Waals surface area (Å²) in [5, 5.41) is 0. The highest BCUT2D eigenvalue weighted by molar-refractivity contribution is 6.76. The highest BCUT2D eigenvalue weighted by atomic mass is 28.3. The summed E-state index contributed by atoms with van der Waals surface area (Å²) >= 11 is 0. The van der Waals surface area contributed by atoms with E-state index >= 15 is 0 Å². The molecule has 8 nitrogen and oxygen atoms in total. The zero-order chi connectivity index (χ0) is 23.5. The molecule has 0 aromatic carbocycles. The van der Waals surface area contributed by atoms with Crippen molar-refractivity contribution < 1.29 is 28.7 Å². The van der Waals surface area contributed by atoms with Crippen molar-refractivity contribution in [2.45, 2.75) is 90.9 Å². The normalized spacial score (nSPS) is 18.0. The smallest absolute Gasteiger partial charge is 0.417 e. The van der Waals surface area contributed by atoms with Crippen LogP contribution in [0.5, 0.6) is 0 Å². The van der Waals surface area contributed by atoms with Crippen molar-refractivity contribution in [2.24, 2.45) is 0 Å². The summed E-state index contributed by atoms with van der Waals surface area (Å²) in [6, 6.07) is -0.535. The highest BCUT2D eigenvalue weighted by Gasteiger charge is 2.47. The van der Waals surface area contributed by atoms with Gasteiger partial charge in [-0.25, -0.2) is 19.4 Å². The molecule has 0 bridgehead atoms. The highest BCUT2D eigenvalue weighted by Crippen LogP contribution is 2.22. The standard InChI is InChI=1S/C21H34N2O6Si/c1-20(2,3)28-18(26)22-14-16(24)23(19(27)29-21(4,5)6)15(17(22)25)12-10-11-13-30(7,8)9/h15H,12-14H2,1-9H3/t15-/m0/s1. The molecule has 1 atom stereocenters. The van der Waals surface area contributed by atoms with Crippen molar-refractivity contribution in [1.29, 1.82) is 0 Å². The third-order valence-electron chi connectivity index (χ3n) is 3.67. The average Bonchev–Trinajstić information content (AvgIpc) is 2.49. The Kier molecular flexibility index (Phi) is 7.89. The number of imide groups is 2. The van der Waals surface area contributed by atoms with Gasteiger partial charge in [-0.3, -0.25) is 9.59 Å². The summed E-state index contributed by atoms with van der Waals surface area (Å²) in [4.78, 5) is 52.4. The molecule has 0 aromatic heterocycles. The van der Waals surface area contributed by atoms with E-state index in [1.807, 2.05) is 0 Å². The number of ether oxygens (including phenoxy) is 2. The Hall–Kier alpha value is -2.34. The number of nitrogens with zero attached hydrogens (tertiary/aromatic N) is 2. The maximum atomic E-state index is 13.0. The lowest BCUT2D eigenvalue weighted by Gasteiger charge is -2.38. The minimum atomic E-state index is -1.42. The fourth-order valence-electron chi connectivity index (χ4n) is 2.44. The molecule has 0 unspecified atom stereocenters. The molecule has 1 fully saturated rings. The fraction of sp³-hybridized carbons (Fsp3) is 0.714. The van der Waals surface area contributed by atoms with E-state index in [1.165, 1.54) is 0 Å². The van der Waals surface area contributed by atoms with Gasteiger partial charge >= 0.3 is 12.2 Å². The quantitative estimate of drug-likeness (QED) is 0.483. The number of carbonyl (C=O) groups excluding carboxylic acids is 4. The zero-order valence-corrected chi connectivity index (χ0v) is 20.5. The van der Waals surface area contributed by atoms with Crippen LogP contribution in [0.2, 0.25) is 25.7 Å². The first-order valence-electron chi connectivity index (χ1n) is 9.96. The maximum absolute atomic E-state index is 13.0. The summed E-state index contributed by atoms with van der Waals surface area (Å²) in [7, 11) is -1.42. The lowest BCUT2D eigenvalue weighted by molar-refractivity contribution is -0.153. The van der Waals surface area contributed by atoms with Crippen molar-refractivity contribution in [1.82, 2.24) is 9.80 Å². The van der Waals surface area contributed by atoms with E-state index in [1.54, 1.807) is 41.5 Å². The van der Waals surface area contributed by atoms with Gasteiger partial charge in [-0.2, -0.15) is 0 Å². The molecule has 1 heterocycles. The number of hydrogen-bond donors (Lipinski definition) is 0. The molecule has 0 N–H and O–H groups in total. The van der Waals surface area contributed by atoms with Gasteiger partial charge < -0.3 is 9.47 Å². The van der Waals surface area contributed by atoms with Crippen LogP contribution in [0.25, 0.3) is 0 Å². The lowest BCUT2D eigenvalue weighted by atomic mass is 10.1. The molecule has 168 valence electrons. The van der Waals surface area contributed by atoms with Crippen LogP contribution < -0.4 is 0 Å². The molecule has 1 saturated heterocycles. The summed E-state index contributed by atoms with van der Waals surface area (Å²) in [5.41, 5.74) is -1.69. The first-order chi connectivity index (χ1) is 13.4. The van der Waals surface area contributed by atoms with Crippen LogP contribution in [0.4, 0.5) is 9.59 Å². The molecule has 1 aliphatic heterocycles. The van der Waals surface area contributed by atoms with Crippen molar-refractivity contribution in [2.75, 3.05) is 6.54 Å². The van der Waals surface area contributed by atoms with Gasteiger partial charge in [0.1, 0.15) is 23.8 Å². The Balaban J connectivity index is 3.19. The Labute approximate surface area is 180 Å². The first kappa shape index (κ1) is 25.7. The van der Waals surface area contributed by atoms with Crippen LogP contribution in [-0.4, -0.2) is 65.7 Å². The van der Waals surface area contributed by atoms with Crippen molar-refractivity contribution in [3.8, 4) is 11.8 Å². The predicted octanol–water partition coefficient (Wildman–Crippen LogP) is 3.63. The monoisotopic (exact) mass is 438 g/mol. The van der Waals surface area contributed by atoms with Gasteiger partial charge in [-0.05, 0) is 41.5 Å². The van der Waals surface area contributed by atoms with Gasteiger partial charge in [0.15, 0.2) is 0 Å². The molecular formula is C21H34N2O6Si. The molecule has 0 aromatic rings. The summed E-state index contributed by atoms with van der Waals surface area (Å²) in [6.07, 6.45) is -1.93. The number of amides is 4. The van der Waals surface area contributed by atoms with E-state index in [9.17, 15) is 19.2 Å². The van der Waals surface area contributed by atoms with E-state index in [0.29, 0.717) is 6.04 Å². The molecule has 0 aliphatic carbocycles. The molecule has 1 rings (SSSR count). The van der Waals surface area contributed by atoms with Gasteiger partial charge in [-0.1, -0.05) is 19.6 Å². The minimum Gasteiger partial charge on any atom is -0.443 e. The third-order valence-corrected chi connectivity index (χ3v) is 4.91. The van der Waals surface area contributed by atoms with Gasteiger partial charge in [0.2, 0.25) is 0 Å². The SMILES string of the molecule is CC(C)(C)OC(=O)N1CC(=O)N(C(=O)OC(C)(C)C)[C@@H](CC#CC[Si](C)(C)C)C1=O. The summed E-state index contributed by atoms with van der Waals surface area (Å²) < 4.78 is 10.5. The van der Waals surface area contributed by atoms with Gasteiger partial charge in [0.05, 0.1) is 8.07 Å². The molecule has 0 saturated carbocycles. The van der Waals surface area contributed by atoms with Crippen LogP contribution in [0.1, 0.15) is 48.0 Å². The van der Waals surface area contributed by atoms with Crippen LogP contribution in [0.15, 0.2) is 0 Å². The van der Waals surface area contributed by atoms with Gasteiger partial charge in [-0.15, -0.1) is 11.8 Å². The Morgan fingerprint density at radius 3 is 1.93 bits per heavy atom. The van der Waals surface area contributed by atoms with E-state index in [-0.39, 0.29) is 6.42 Å². The summed E-state index contributed by atoms with van der Waals surface area (Å²) in [6.45, 7) is 15.9. The van der Waals surface area contributed by atoms with Crippen LogP contribution in [0.3, 0.4) is 0 Å². The van der Waals surface area contributed by atoms with E-state index in [4.69, 9.17) is 9.47 Å². The van der Waals surface area contributed by atoms with E-state index in [2.05, 4.69) is 31.5 Å². The van der Waals surface area contributed by atoms with Gasteiger partial charge in [0.25, 0.3) is 11.8 Å². The molecule has 0 radical (unpaired) electrons. The van der Waals surface area contributed by atoms with E-state index < -0.39 is 55.9 Å². The second-order valence-corrected chi connectivity index (χ2v) is 15.9. The third kappa shape index (κ3) is 8.18. The van der Waals surface area contributed by atoms with Crippen molar-refractivity contribution in [3.05, 3.63) is 0 Å². The number of carbonyl (C=O) groups is 4. The molecule has 4 amide bonds. The van der Waals surface area contributed by atoms with Crippen LogP contribution in [-0.2, 0) is 19.1 Å². The Bertz CT molecular complexity index is 762. The van der Waals surface area contributed by atoms with Crippen LogP contribution in [0, 0.1) is 11.8 Å². The lowest BCUT2D eigenvalue weighted by Crippen LogP contribution is -2.63. The molecular weight excluding hydrogens is 404 g/mol. The number of piperazine rings is 1. The second kappa shape index (κ2) is 9.21. The van der Waals surface area contributed by atoms with Crippen molar-refractivity contribution >= 4 is 32.1 Å². The predicted molar refractivity (Wildman–Crippen MR) is 115 cm³/mol. The van der Waals surface area contributed by atoms with Gasteiger partial charge in [0, 0.05) is 12.5 Å². The largest absolute Gasteiger partial charge is 0.443 e. The van der Waals surface area contributed by atoms with E-state index in [0.717, 1.165) is 9.80 Å². The molecule has 1 aliphatic rings. The van der Waals surface area contributed by atoms with Crippen molar-refractivity contribution in [3.63, 3.8) is 0 Å². The Morgan fingerprint density at radius 2 is 1.47 bits per heavy atom. The maximum Gasteiger partial charge on any atom is 0.417 e. The van der Waals surface area contributed by atoms with Crippen LogP contribution >= 0.6 is 0 Å². The minimum absolute atomic E-state index is 0.0758. The fourth-order valence-corrected chi connectivity index (χ4v) is 3.10. The molecule has 0 spiro atoms. The Morgan fingerprint density at radius 1 is 0.967 bits per heavy atom. The topological polar surface area (TPSA) is 93.2 Å². The summed E-state index contributed by atoms with van der Waals surface area (Å²) in [5.74, 6) is 4.51. The number of hydrogen-bond acceptors (Lipinski definition) is 6. The second-order valence-electron chi connectivity index (χ2n) is 10.5. The average molecular weight is 439 g/mol.